The smallest absolute Gasteiger partial charge is 0.271 e. The van der Waals surface area contributed by atoms with E-state index in [0.29, 0.717) is 12.2 Å². The quantitative estimate of drug-likeness (QED) is 0.125. The Labute approximate surface area is 234 Å². The topological polar surface area (TPSA) is 60.5 Å². The van der Waals surface area contributed by atoms with Gasteiger partial charge in [0, 0.05) is 39.6 Å². The van der Waals surface area contributed by atoms with Crippen molar-refractivity contribution in [3.8, 4) is 28.4 Å². The summed E-state index contributed by atoms with van der Waals surface area (Å²) in [7, 11) is 0. The van der Waals surface area contributed by atoms with Crippen LogP contribution in [0.2, 0.25) is 0 Å². The molecule has 0 aliphatic carbocycles. The third-order valence-corrected chi connectivity index (χ3v) is 6.84. The fraction of sp³-hybridized carbons (Fsp3) is 0.118. The van der Waals surface area contributed by atoms with Gasteiger partial charge in [-0.2, -0.15) is 5.10 Å². The minimum Gasteiger partial charge on any atom is -0.490 e. The summed E-state index contributed by atoms with van der Waals surface area (Å²) in [4.78, 5) is 12.8. The molecule has 6 heteroatoms. The number of aromatic nitrogens is 2. The Balaban J connectivity index is 1.27. The molecule has 0 fully saturated rings. The van der Waals surface area contributed by atoms with Gasteiger partial charge in [-0.3, -0.25) is 4.79 Å². The first-order valence-electron chi connectivity index (χ1n) is 13.2. The van der Waals surface area contributed by atoms with Crippen LogP contribution in [0.3, 0.4) is 0 Å². The first kappa shape index (κ1) is 26.5. The molecular formula is C34H32N4O2. The first-order chi connectivity index (χ1) is 19.5. The van der Waals surface area contributed by atoms with Crippen LogP contribution < -0.4 is 10.2 Å². The molecular weight excluding hydrogens is 496 g/mol. The summed E-state index contributed by atoms with van der Waals surface area (Å²) in [5.41, 5.74) is 11.6. The summed E-state index contributed by atoms with van der Waals surface area (Å²) in [6.45, 7) is 10.3. The SMILES string of the molecule is C=CCOc1ccc(-n2c(C)cc(/C=N/NC(=O)c3ccc(-n4c(C)ccc4-c4ccccc4)cc3)c2C)cc1. The summed E-state index contributed by atoms with van der Waals surface area (Å²) in [6.07, 6.45) is 3.40. The average molecular weight is 529 g/mol. The number of nitrogens with one attached hydrogen (secondary N) is 1. The predicted octanol–water partition coefficient (Wildman–Crippen LogP) is 7.19. The van der Waals surface area contributed by atoms with E-state index in [4.69, 9.17) is 4.74 Å². The second-order valence-electron chi connectivity index (χ2n) is 9.56. The predicted molar refractivity (Wildman–Crippen MR) is 162 cm³/mol. The fourth-order valence-electron chi connectivity index (χ4n) is 4.86. The highest BCUT2D eigenvalue weighted by molar-refractivity contribution is 5.95. The van der Waals surface area contributed by atoms with Crippen LogP contribution in [-0.2, 0) is 0 Å². The van der Waals surface area contributed by atoms with Gasteiger partial charge in [0.1, 0.15) is 12.4 Å². The minimum absolute atomic E-state index is 0.265. The Hall–Kier alpha value is -5.10. The van der Waals surface area contributed by atoms with Gasteiger partial charge in [0.25, 0.3) is 5.91 Å². The normalized spacial score (nSPS) is 11.1. The standard InChI is InChI=1S/C34H32N4O2/c1-5-21-40-32-18-16-30(17-19-32)37-25(3)22-29(26(37)4)23-35-36-34(39)28-12-14-31(15-13-28)38-24(2)11-20-33(38)27-9-7-6-8-10-27/h5-20,22-23H,1,21H2,2-4H3,(H,36,39)/b35-23+. The maximum atomic E-state index is 12.8. The minimum atomic E-state index is -0.265. The second kappa shape index (κ2) is 11.7. The molecule has 0 bridgehead atoms. The number of aryl methyl sites for hydroxylation is 2. The van der Waals surface area contributed by atoms with Crippen LogP contribution in [0.25, 0.3) is 22.6 Å². The highest BCUT2D eigenvalue weighted by Crippen LogP contribution is 2.27. The van der Waals surface area contributed by atoms with E-state index in [1.165, 1.54) is 0 Å². The number of nitrogens with zero attached hydrogens (tertiary/aromatic N) is 3. The van der Waals surface area contributed by atoms with E-state index < -0.39 is 0 Å². The lowest BCUT2D eigenvalue weighted by molar-refractivity contribution is 0.0955. The number of hydrogen-bond acceptors (Lipinski definition) is 3. The summed E-state index contributed by atoms with van der Waals surface area (Å²) in [6, 6.07) is 32.0. The molecule has 5 rings (SSSR count). The summed E-state index contributed by atoms with van der Waals surface area (Å²) >= 11 is 0. The van der Waals surface area contributed by atoms with Crippen LogP contribution in [-0.4, -0.2) is 27.9 Å². The Morgan fingerprint density at radius 3 is 2.23 bits per heavy atom. The summed E-state index contributed by atoms with van der Waals surface area (Å²) in [5.74, 6) is 0.531. The molecule has 1 amide bonds. The average Bonchev–Trinajstić information content (AvgIpc) is 3.50. The number of ether oxygens (including phenoxy) is 1. The van der Waals surface area contributed by atoms with Gasteiger partial charge in [0.15, 0.2) is 0 Å². The third kappa shape index (κ3) is 5.52. The van der Waals surface area contributed by atoms with Crippen molar-refractivity contribution in [3.63, 3.8) is 0 Å². The number of rotatable bonds is 9. The van der Waals surface area contributed by atoms with E-state index in [1.54, 1.807) is 12.3 Å². The molecule has 0 unspecified atom stereocenters. The van der Waals surface area contributed by atoms with Gasteiger partial charge < -0.3 is 13.9 Å². The van der Waals surface area contributed by atoms with Crippen molar-refractivity contribution < 1.29 is 9.53 Å². The molecule has 0 aliphatic rings. The van der Waals surface area contributed by atoms with E-state index in [2.05, 4.69) is 57.4 Å². The Bertz CT molecular complexity index is 1660. The van der Waals surface area contributed by atoms with Crippen molar-refractivity contribution in [2.24, 2.45) is 5.10 Å². The molecule has 6 nitrogen and oxygen atoms in total. The molecule has 0 atom stereocenters. The molecule has 5 aromatic rings. The number of hydrazone groups is 1. The largest absolute Gasteiger partial charge is 0.490 e. The lowest BCUT2D eigenvalue weighted by Gasteiger charge is -2.12. The number of carbonyl (C=O) groups is 1. The van der Waals surface area contributed by atoms with Crippen molar-refractivity contribution in [1.29, 1.82) is 0 Å². The molecule has 2 aromatic heterocycles. The third-order valence-electron chi connectivity index (χ3n) is 6.84. The van der Waals surface area contributed by atoms with Crippen LogP contribution in [0.1, 0.15) is 33.0 Å². The molecule has 0 saturated carbocycles. The molecule has 2 heterocycles. The molecule has 1 N–H and O–H groups in total. The van der Waals surface area contributed by atoms with Gasteiger partial charge in [-0.15, -0.1) is 0 Å². The van der Waals surface area contributed by atoms with Gasteiger partial charge >= 0.3 is 0 Å². The lowest BCUT2D eigenvalue weighted by atomic mass is 10.1. The van der Waals surface area contributed by atoms with Crippen LogP contribution in [0.4, 0.5) is 0 Å². The van der Waals surface area contributed by atoms with Crippen molar-refractivity contribution in [2.45, 2.75) is 20.8 Å². The number of carbonyl (C=O) groups excluding carboxylic acids is 1. The zero-order chi connectivity index (χ0) is 28.1. The molecule has 0 saturated heterocycles. The van der Waals surface area contributed by atoms with E-state index in [1.807, 2.05) is 86.6 Å². The van der Waals surface area contributed by atoms with Crippen LogP contribution in [0.5, 0.6) is 5.75 Å². The number of hydrogen-bond donors (Lipinski definition) is 1. The molecule has 40 heavy (non-hydrogen) atoms. The number of benzene rings is 3. The van der Waals surface area contributed by atoms with E-state index >= 15 is 0 Å². The van der Waals surface area contributed by atoms with Gasteiger partial charge in [-0.1, -0.05) is 43.0 Å². The van der Waals surface area contributed by atoms with Gasteiger partial charge in [-0.05, 0) is 93.1 Å². The van der Waals surface area contributed by atoms with E-state index in [9.17, 15) is 4.79 Å². The molecule has 0 aliphatic heterocycles. The summed E-state index contributed by atoms with van der Waals surface area (Å²) < 4.78 is 9.92. The monoisotopic (exact) mass is 528 g/mol. The highest BCUT2D eigenvalue weighted by Gasteiger charge is 2.12. The van der Waals surface area contributed by atoms with Gasteiger partial charge in [0.2, 0.25) is 0 Å². The van der Waals surface area contributed by atoms with Gasteiger partial charge in [0.05, 0.1) is 11.9 Å². The maximum Gasteiger partial charge on any atom is 0.271 e. The van der Waals surface area contributed by atoms with Crippen molar-refractivity contribution in [1.82, 2.24) is 14.6 Å². The zero-order valence-electron chi connectivity index (χ0n) is 23.0. The molecule has 0 radical (unpaired) electrons. The van der Waals surface area contributed by atoms with Crippen molar-refractivity contribution in [2.75, 3.05) is 6.61 Å². The van der Waals surface area contributed by atoms with E-state index in [0.717, 1.165) is 51.0 Å². The first-order valence-corrected chi connectivity index (χ1v) is 13.2. The summed E-state index contributed by atoms with van der Waals surface area (Å²) in [5, 5.41) is 4.24. The maximum absolute atomic E-state index is 12.8. The van der Waals surface area contributed by atoms with Crippen molar-refractivity contribution in [3.05, 3.63) is 138 Å². The lowest BCUT2D eigenvalue weighted by Crippen LogP contribution is -2.17. The Morgan fingerprint density at radius 2 is 1.52 bits per heavy atom. The second-order valence-corrected chi connectivity index (χ2v) is 9.56. The fourth-order valence-corrected chi connectivity index (χ4v) is 4.86. The molecule has 0 spiro atoms. The van der Waals surface area contributed by atoms with Crippen LogP contribution in [0, 0.1) is 20.8 Å². The van der Waals surface area contributed by atoms with Gasteiger partial charge in [-0.25, -0.2) is 5.43 Å². The van der Waals surface area contributed by atoms with E-state index in [-0.39, 0.29) is 5.91 Å². The molecule has 200 valence electrons. The van der Waals surface area contributed by atoms with Crippen molar-refractivity contribution >= 4 is 12.1 Å². The van der Waals surface area contributed by atoms with Crippen LogP contribution >= 0.6 is 0 Å². The zero-order valence-corrected chi connectivity index (χ0v) is 23.0. The number of amides is 1. The Kier molecular flexibility index (Phi) is 7.78. The molecule has 3 aromatic carbocycles. The highest BCUT2D eigenvalue weighted by atomic mass is 16.5. The van der Waals surface area contributed by atoms with Crippen LogP contribution in [0.15, 0.2) is 115 Å². The Morgan fingerprint density at radius 1 is 0.850 bits per heavy atom.